The summed E-state index contributed by atoms with van der Waals surface area (Å²) in [6.07, 6.45) is 0.765. The largest absolute Gasteiger partial charge is 0.293 e. The Labute approximate surface area is 114 Å². The summed E-state index contributed by atoms with van der Waals surface area (Å²) in [5, 5.41) is 0. The molecule has 0 radical (unpaired) electrons. The van der Waals surface area contributed by atoms with Crippen molar-refractivity contribution in [2.45, 2.75) is 13.3 Å². The van der Waals surface area contributed by atoms with Crippen molar-refractivity contribution < 1.29 is 4.79 Å². The van der Waals surface area contributed by atoms with Crippen molar-refractivity contribution in [3.05, 3.63) is 78.4 Å². The van der Waals surface area contributed by atoms with Gasteiger partial charge in [-0.2, -0.15) is 0 Å². The van der Waals surface area contributed by atoms with Gasteiger partial charge in [-0.05, 0) is 17.6 Å². The number of hydrogen-bond acceptors (Lipinski definition) is 1. The molecule has 0 aromatic heterocycles. The Morgan fingerprint density at radius 2 is 1.42 bits per heavy atom. The molecular weight excluding hydrogens is 232 g/mol. The average molecular weight is 250 g/mol. The van der Waals surface area contributed by atoms with E-state index >= 15 is 0 Å². The topological polar surface area (TPSA) is 17.1 Å². The van der Waals surface area contributed by atoms with Gasteiger partial charge in [0.15, 0.2) is 5.78 Å². The minimum Gasteiger partial charge on any atom is -0.293 e. The van der Waals surface area contributed by atoms with Gasteiger partial charge in [0.25, 0.3) is 0 Å². The molecule has 0 heterocycles. The van der Waals surface area contributed by atoms with Gasteiger partial charge in [-0.15, -0.1) is 0 Å². The number of carbonyl (C=O) groups excluding carboxylic acids is 1. The first-order chi connectivity index (χ1) is 9.24. The van der Waals surface area contributed by atoms with Crippen LogP contribution in [0.15, 0.2) is 67.2 Å². The highest BCUT2D eigenvalue weighted by molar-refractivity contribution is 6.04. The number of Topliss-reactive ketones (excluding diaryl/α,β-unsaturated/α-hetero) is 1. The minimum atomic E-state index is -0.148. The summed E-state index contributed by atoms with van der Waals surface area (Å²) in [6.45, 7) is 6.15. The van der Waals surface area contributed by atoms with Crippen LogP contribution in [0.3, 0.4) is 0 Å². The molecule has 1 unspecified atom stereocenters. The van der Waals surface area contributed by atoms with E-state index in [2.05, 4.69) is 6.58 Å². The van der Waals surface area contributed by atoms with Gasteiger partial charge in [-0.1, -0.05) is 74.2 Å². The highest BCUT2D eigenvalue weighted by Gasteiger charge is 2.21. The molecule has 0 aliphatic heterocycles. The van der Waals surface area contributed by atoms with Crippen molar-refractivity contribution in [3.8, 4) is 0 Å². The van der Waals surface area contributed by atoms with Gasteiger partial charge in [0.1, 0.15) is 0 Å². The maximum Gasteiger partial charge on any atom is 0.170 e. The lowest BCUT2D eigenvalue weighted by Crippen LogP contribution is -2.15. The van der Waals surface area contributed by atoms with E-state index in [4.69, 9.17) is 0 Å². The van der Waals surface area contributed by atoms with E-state index in [1.807, 2.05) is 67.6 Å². The second-order valence-corrected chi connectivity index (χ2v) is 4.58. The van der Waals surface area contributed by atoms with Crippen LogP contribution >= 0.6 is 0 Å². The van der Waals surface area contributed by atoms with Gasteiger partial charge in [-0.25, -0.2) is 0 Å². The zero-order chi connectivity index (χ0) is 13.7. The van der Waals surface area contributed by atoms with E-state index in [0.29, 0.717) is 0 Å². The molecule has 1 atom stereocenters. The molecule has 2 aromatic carbocycles. The highest BCUT2D eigenvalue weighted by atomic mass is 16.1. The van der Waals surface area contributed by atoms with Crippen LogP contribution in [-0.4, -0.2) is 5.78 Å². The lowest BCUT2D eigenvalue weighted by Gasteiger charge is -2.17. The minimum absolute atomic E-state index is 0.148. The third kappa shape index (κ3) is 3.00. The summed E-state index contributed by atoms with van der Waals surface area (Å²) in [5.41, 5.74) is 2.70. The SMILES string of the molecule is C=C(c1ccccc1)C(CC)C(=O)c1ccccc1. The molecule has 96 valence electrons. The molecule has 1 nitrogen and oxygen atoms in total. The highest BCUT2D eigenvalue weighted by Crippen LogP contribution is 2.27. The summed E-state index contributed by atoms with van der Waals surface area (Å²) < 4.78 is 0. The number of hydrogen-bond donors (Lipinski definition) is 0. The molecular formula is C18H18O. The summed E-state index contributed by atoms with van der Waals surface area (Å²) in [7, 11) is 0. The van der Waals surface area contributed by atoms with E-state index in [9.17, 15) is 4.79 Å². The number of benzene rings is 2. The van der Waals surface area contributed by atoms with Crippen LogP contribution < -0.4 is 0 Å². The predicted molar refractivity (Wildman–Crippen MR) is 80.0 cm³/mol. The van der Waals surface area contributed by atoms with E-state index < -0.39 is 0 Å². The van der Waals surface area contributed by atoms with E-state index in [0.717, 1.165) is 23.1 Å². The Morgan fingerprint density at radius 1 is 0.947 bits per heavy atom. The van der Waals surface area contributed by atoms with Crippen LogP contribution in [0, 0.1) is 5.92 Å². The van der Waals surface area contributed by atoms with Crippen molar-refractivity contribution in [2.24, 2.45) is 5.92 Å². The van der Waals surface area contributed by atoms with Crippen molar-refractivity contribution in [1.29, 1.82) is 0 Å². The number of allylic oxidation sites excluding steroid dienone is 1. The number of carbonyl (C=O) groups is 1. The molecule has 19 heavy (non-hydrogen) atoms. The Hall–Kier alpha value is -2.15. The molecule has 2 aromatic rings. The molecule has 1 heteroatoms. The second-order valence-electron chi connectivity index (χ2n) is 4.58. The van der Waals surface area contributed by atoms with Crippen molar-refractivity contribution in [2.75, 3.05) is 0 Å². The fourth-order valence-corrected chi connectivity index (χ4v) is 2.25. The predicted octanol–water partition coefficient (Wildman–Crippen LogP) is 4.61. The third-order valence-electron chi connectivity index (χ3n) is 3.35. The van der Waals surface area contributed by atoms with Gasteiger partial charge in [0, 0.05) is 11.5 Å². The van der Waals surface area contributed by atoms with E-state index in [1.54, 1.807) is 0 Å². The molecule has 0 amide bonds. The van der Waals surface area contributed by atoms with Gasteiger partial charge >= 0.3 is 0 Å². The lowest BCUT2D eigenvalue weighted by atomic mass is 9.85. The van der Waals surface area contributed by atoms with Crippen LogP contribution in [-0.2, 0) is 0 Å². The number of rotatable bonds is 5. The standard InChI is InChI=1S/C18H18O/c1-3-17(14(2)15-10-6-4-7-11-15)18(19)16-12-8-5-9-13-16/h4-13,17H,2-3H2,1H3. The first-order valence-electron chi connectivity index (χ1n) is 6.57. The van der Waals surface area contributed by atoms with Crippen LogP contribution in [0.5, 0.6) is 0 Å². The first kappa shape index (κ1) is 13.3. The van der Waals surface area contributed by atoms with Gasteiger partial charge in [0.2, 0.25) is 0 Å². The quantitative estimate of drug-likeness (QED) is 0.708. The molecule has 0 N–H and O–H groups in total. The van der Waals surface area contributed by atoms with Crippen LogP contribution in [0.4, 0.5) is 0 Å². The fourth-order valence-electron chi connectivity index (χ4n) is 2.25. The summed E-state index contributed by atoms with van der Waals surface area (Å²) in [6, 6.07) is 19.4. The summed E-state index contributed by atoms with van der Waals surface area (Å²) in [5.74, 6) is 0.00162. The van der Waals surface area contributed by atoms with Gasteiger partial charge in [0.05, 0.1) is 0 Å². The molecule has 2 rings (SSSR count). The normalized spacial score (nSPS) is 11.8. The molecule has 0 saturated carbocycles. The van der Waals surface area contributed by atoms with Crippen molar-refractivity contribution >= 4 is 11.4 Å². The van der Waals surface area contributed by atoms with Crippen LogP contribution in [0.25, 0.3) is 5.57 Å². The summed E-state index contributed by atoms with van der Waals surface area (Å²) in [4.78, 5) is 12.5. The monoisotopic (exact) mass is 250 g/mol. The maximum absolute atomic E-state index is 12.5. The Kier molecular flexibility index (Phi) is 4.30. The Bertz CT molecular complexity index is 503. The molecule has 0 fully saturated rings. The zero-order valence-electron chi connectivity index (χ0n) is 11.2. The zero-order valence-corrected chi connectivity index (χ0v) is 11.2. The lowest BCUT2D eigenvalue weighted by molar-refractivity contribution is 0.0948. The number of ketones is 1. The smallest absolute Gasteiger partial charge is 0.170 e. The third-order valence-corrected chi connectivity index (χ3v) is 3.35. The summed E-state index contributed by atoms with van der Waals surface area (Å²) >= 11 is 0. The molecule has 0 spiro atoms. The van der Waals surface area contributed by atoms with Crippen molar-refractivity contribution in [1.82, 2.24) is 0 Å². The molecule has 0 aliphatic rings. The first-order valence-corrected chi connectivity index (χ1v) is 6.57. The Morgan fingerprint density at radius 3 is 1.89 bits per heavy atom. The van der Waals surface area contributed by atoms with Gasteiger partial charge < -0.3 is 0 Å². The van der Waals surface area contributed by atoms with E-state index in [-0.39, 0.29) is 11.7 Å². The van der Waals surface area contributed by atoms with Crippen molar-refractivity contribution in [3.63, 3.8) is 0 Å². The molecule has 0 bridgehead atoms. The average Bonchev–Trinajstić information content (AvgIpc) is 2.49. The van der Waals surface area contributed by atoms with Crippen LogP contribution in [0.2, 0.25) is 0 Å². The van der Waals surface area contributed by atoms with E-state index in [1.165, 1.54) is 0 Å². The van der Waals surface area contributed by atoms with Gasteiger partial charge in [-0.3, -0.25) is 4.79 Å². The molecule has 0 aliphatic carbocycles. The van der Waals surface area contributed by atoms with Crippen LogP contribution in [0.1, 0.15) is 29.3 Å². The maximum atomic E-state index is 12.5. The Balaban J connectivity index is 2.26. The fraction of sp³-hybridized carbons (Fsp3) is 0.167. The second kappa shape index (κ2) is 6.14. The molecule has 0 saturated heterocycles.